The predicted molar refractivity (Wildman–Crippen MR) is 60.5 cm³/mol. The standard InChI is InChI=1S/C11H20O2S/c1-9(11(12)13-2)8-14-10-6-4-3-5-7-10/h9-10H,3-8H2,1-2H3. The molecule has 0 amide bonds. The van der Waals surface area contributed by atoms with Gasteiger partial charge in [0.15, 0.2) is 0 Å². The fraction of sp³-hybridized carbons (Fsp3) is 0.909. The Morgan fingerprint density at radius 3 is 2.64 bits per heavy atom. The van der Waals surface area contributed by atoms with Gasteiger partial charge in [-0.15, -0.1) is 0 Å². The van der Waals surface area contributed by atoms with Crippen molar-refractivity contribution in [2.75, 3.05) is 12.9 Å². The summed E-state index contributed by atoms with van der Waals surface area (Å²) in [5.41, 5.74) is 0. The molecule has 14 heavy (non-hydrogen) atoms. The lowest BCUT2D eigenvalue weighted by molar-refractivity contribution is -0.143. The predicted octanol–water partition coefficient (Wildman–Crippen LogP) is 2.86. The molecule has 0 spiro atoms. The number of hydrogen-bond donors (Lipinski definition) is 0. The van der Waals surface area contributed by atoms with Crippen molar-refractivity contribution in [3.05, 3.63) is 0 Å². The molecule has 1 saturated carbocycles. The molecule has 2 nitrogen and oxygen atoms in total. The van der Waals surface area contributed by atoms with E-state index in [4.69, 9.17) is 4.74 Å². The van der Waals surface area contributed by atoms with Crippen LogP contribution in [0.5, 0.6) is 0 Å². The van der Waals surface area contributed by atoms with E-state index in [0.29, 0.717) is 0 Å². The summed E-state index contributed by atoms with van der Waals surface area (Å²) in [6.07, 6.45) is 6.79. The minimum Gasteiger partial charge on any atom is -0.469 e. The van der Waals surface area contributed by atoms with Crippen LogP contribution in [-0.4, -0.2) is 24.1 Å². The third kappa shape index (κ3) is 3.91. The highest BCUT2D eigenvalue weighted by Crippen LogP contribution is 2.29. The summed E-state index contributed by atoms with van der Waals surface area (Å²) in [5.74, 6) is 0.886. The number of hydrogen-bond acceptors (Lipinski definition) is 3. The Morgan fingerprint density at radius 1 is 1.43 bits per heavy atom. The summed E-state index contributed by atoms with van der Waals surface area (Å²) >= 11 is 1.95. The summed E-state index contributed by atoms with van der Waals surface area (Å²) in [6.45, 7) is 1.95. The smallest absolute Gasteiger partial charge is 0.309 e. The van der Waals surface area contributed by atoms with E-state index in [-0.39, 0.29) is 11.9 Å². The summed E-state index contributed by atoms with van der Waals surface area (Å²) in [6, 6.07) is 0. The topological polar surface area (TPSA) is 26.3 Å². The molecule has 0 aromatic carbocycles. The molecule has 0 aliphatic heterocycles. The zero-order valence-electron chi connectivity index (χ0n) is 9.12. The lowest BCUT2D eigenvalue weighted by atomic mass is 10.0. The lowest BCUT2D eigenvalue weighted by Gasteiger charge is -2.21. The number of carbonyl (C=O) groups excluding carboxylic acids is 1. The van der Waals surface area contributed by atoms with Gasteiger partial charge in [-0.3, -0.25) is 4.79 Å². The minimum absolute atomic E-state index is 0.0481. The number of methoxy groups -OCH3 is 1. The molecule has 0 aromatic rings. The average Bonchev–Trinajstić information content (AvgIpc) is 2.26. The van der Waals surface area contributed by atoms with Crippen LogP contribution in [0, 0.1) is 5.92 Å². The van der Waals surface area contributed by atoms with Crippen molar-refractivity contribution in [2.45, 2.75) is 44.3 Å². The largest absolute Gasteiger partial charge is 0.469 e. The second-order valence-corrected chi connectivity index (χ2v) is 5.35. The molecule has 3 heteroatoms. The van der Waals surface area contributed by atoms with Crippen LogP contribution in [0.3, 0.4) is 0 Å². The van der Waals surface area contributed by atoms with Gasteiger partial charge in [0.25, 0.3) is 0 Å². The van der Waals surface area contributed by atoms with Gasteiger partial charge in [0, 0.05) is 11.0 Å². The van der Waals surface area contributed by atoms with Gasteiger partial charge >= 0.3 is 5.97 Å². The van der Waals surface area contributed by atoms with Crippen molar-refractivity contribution in [3.63, 3.8) is 0 Å². The maximum absolute atomic E-state index is 11.1. The van der Waals surface area contributed by atoms with Gasteiger partial charge in [-0.1, -0.05) is 26.2 Å². The molecular formula is C11H20O2S. The molecule has 1 rings (SSSR count). The van der Waals surface area contributed by atoms with Crippen molar-refractivity contribution < 1.29 is 9.53 Å². The van der Waals surface area contributed by atoms with Crippen LogP contribution in [0.25, 0.3) is 0 Å². The van der Waals surface area contributed by atoms with Gasteiger partial charge in [0.05, 0.1) is 13.0 Å². The SMILES string of the molecule is COC(=O)C(C)CSC1CCCCC1. The van der Waals surface area contributed by atoms with E-state index < -0.39 is 0 Å². The number of thioether (sulfide) groups is 1. The molecule has 1 aliphatic carbocycles. The van der Waals surface area contributed by atoms with Crippen LogP contribution in [-0.2, 0) is 9.53 Å². The monoisotopic (exact) mass is 216 g/mol. The maximum Gasteiger partial charge on any atom is 0.309 e. The van der Waals surface area contributed by atoms with E-state index in [1.165, 1.54) is 39.2 Å². The average molecular weight is 216 g/mol. The van der Waals surface area contributed by atoms with Crippen LogP contribution in [0.4, 0.5) is 0 Å². The van der Waals surface area contributed by atoms with Crippen molar-refractivity contribution in [1.82, 2.24) is 0 Å². The summed E-state index contributed by atoms with van der Waals surface area (Å²) in [7, 11) is 1.46. The Kier molecular flexibility index (Phi) is 5.38. The first-order valence-electron chi connectivity index (χ1n) is 5.43. The first-order valence-corrected chi connectivity index (χ1v) is 6.48. The maximum atomic E-state index is 11.1. The van der Waals surface area contributed by atoms with Gasteiger partial charge < -0.3 is 4.74 Å². The van der Waals surface area contributed by atoms with Gasteiger partial charge in [-0.2, -0.15) is 11.8 Å². The van der Waals surface area contributed by atoms with E-state index in [0.717, 1.165) is 11.0 Å². The molecular weight excluding hydrogens is 196 g/mol. The van der Waals surface area contributed by atoms with Crippen LogP contribution >= 0.6 is 11.8 Å². The minimum atomic E-state index is -0.0756. The fourth-order valence-electron chi connectivity index (χ4n) is 1.78. The first kappa shape index (κ1) is 11.9. The highest BCUT2D eigenvalue weighted by molar-refractivity contribution is 7.99. The van der Waals surface area contributed by atoms with Crippen LogP contribution in [0.15, 0.2) is 0 Å². The highest BCUT2D eigenvalue weighted by Gasteiger charge is 2.18. The highest BCUT2D eigenvalue weighted by atomic mass is 32.2. The zero-order chi connectivity index (χ0) is 10.4. The molecule has 0 saturated heterocycles. The Morgan fingerprint density at radius 2 is 2.07 bits per heavy atom. The molecule has 1 unspecified atom stereocenters. The van der Waals surface area contributed by atoms with Gasteiger partial charge in [0.1, 0.15) is 0 Å². The van der Waals surface area contributed by atoms with Gasteiger partial charge in [-0.05, 0) is 12.8 Å². The van der Waals surface area contributed by atoms with Crippen molar-refractivity contribution in [2.24, 2.45) is 5.92 Å². The first-order chi connectivity index (χ1) is 6.74. The van der Waals surface area contributed by atoms with Gasteiger partial charge in [-0.25, -0.2) is 0 Å². The Labute approximate surface area is 90.8 Å². The van der Waals surface area contributed by atoms with E-state index in [2.05, 4.69) is 0 Å². The van der Waals surface area contributed by atoms with Crippen LogP contribution in [0.1, 0.15) is 39.0 Å². The third-order valence-electron chi connectivity index (χ3n) is 2.74. The van der Waals surface area contributed by atoms with Crippen LogP contribution in [0.2, 0.25) is 0 Å². The summed E-state index contributed by atoms with van der Waals surface area (Å²) in [5, 5.41) is 0.788. The molecule has 0 radical (unpaired) electrons. The Balaban J connectivity index is 2.15. The normalized spacial score (nSPS) is 20.4. The van der Waals surface area contributed by atoms with E-state index >= 15 is 0 Å². The molecule has 0 aromatic heterocycles. The zero-order valence-corrected chi connectivity index (χ0v) is 9.94. The number of ether oxygens (including phenoxy) is 1. The van der Waals surface area contributed by atoms with E-state index in [9.17, 15) is 4.79 Å². The van der Waals surface area contributed by atoms with Crippen LogP contribution < -0.4 is 0 Å². The van der Waals surface area contributed by atoms with E-state index in [1.54, 1.807) is 0 Å². The Bertz CT molecular complexity index is 176. The van der Waals surface area contributed by atoms with Crippen molar-refractivity contribution >= 4 is 17.7 Å². The molecule has 82 valence electrons. The molecule has 0 N–H and O–H groups in total. The Hall–Kier alpha value is -0.180. The summed E-state index contributed by atoms with van der Waals surface area (Å²) < 4.78 is 4.70. The third-order valence-corrected chi connectivity index (χ3v) is 4.37. The van der Waals surface area contributed by atoms with E-state index in [1.807, 2.05) is 18.7 Å². The number of carbonyl (C=O) groups is 1. The molecule has 1 fully saturated rings. The molecule has 1 atom stereocenters. The number of rotatable bonds is 4. The second kappa shape index (κ2) is 6.33. The molecule has 1 aliphatic rings. The van der Waals surface area contributed by atoms with Crippen molar-refractivity contribution in [1.29, 1.82) is 0 Å². The lowest BCUT2D eigenvalue weighted by Crippen LogP contribution is -2.17. The van der Waals surface area contributed by atoms with Crippen molar-refractivity contribution in [3.8, 4) is 0 Å². The fourth-order valence-corrected chi connectivity index (χ4v) is 3.15. The quantitative estimate of drug-likeness (QED) is 0.676. The summed E-state index contributed by atoms with van der Waals surface area (Å²) in [4.78, 5) is 11.1. The molecule has 0 bridgehead atoms. The molecule has 0 heterocycles. The number of esters is 1. The van der Waals surface area contributed by atoms with Gasteiger partial charge in [0.2, 0.25) is 0 Å². The second-order valence-electron chi connectivity index (χ2n) is 4.02.